The third kappa shape index (κ3) is 38.2. The monoisotopic (exact) mass is 326 g/mol. The summed E-state index contributed by atoms with van der Waals surface area (Å²) >= 11 is 2.12. The molecule has 10 nitrogen and oxygen atoms in total. The number of rotatable bonds is 2. The first-order valence-corrected chi connectivity index (χ1v) is 5.89. The van der Waals surface area contributed by atoms with Gasteiger partial charge in [-0.1, -0.05) is 0 Å². The van der Waals surface area contributed by atoms with E-state index < -0.39 is 15.6 Å². The average Bonchev–Trinajstić information content (AvgIpc) is 1.88. The maximum atomic E-state index is 9.32. The second kappa shape index (κ2) is 12.1. The Balaban J connectivity index is -0.0000000883. The van der Waals surface area contributed by atoms with Gasteiger partial charge in [0.25, 0.3) is 0 Å². The molecular weight excluding hydrogens is 324 g/mol. The minimum absolute atomic E-state index is 0. The summed E-state index contributed by atoms with van der Waals surface area (Å²) in [6, 6.07) is 0. The summed E-state index contributed by atoms with van der Waals surface area (Å²) < 4.78 is 37.5. The van der Waals surface area contributed by atoms with Crippen LogP contribution >= 0.6 is 15.6 Å². The van der Waals surface area contributed by atoms with Gasteiger partial charge in [-0.2, -0.15) is 0 Å². The SMILES string of the molecule is O.O=P([O-])([O-])OP(=O)([O-])[O-].[O]=[V+2].[O]=[V+2]. The van der Waals surface area contributed by atoms with Crippen molar-refractivity contribution in [2.24, 2.45) is 0 Å². The Kier molecular flexibility index (Phi) is 20.9. The molecule has 14 heteroatoms. The molecule has 0 radical (unpaired) electrons. The summed E-state index contributed by atoms with van der Waals surface area (Å²) in [5.41, 5.74) is 0. The Morgan fingerprint density at radius 1 is 0.786 bits per heavy atom. The van der Waals surface area contributed by atoms with E-state index in [1.807, 2.05) is 0 Å². The van der Waals surface area contributed by atoms with Crippen LogP contribution in [0.15, 0.2) is 0 Å². The number of hydrogen-bond donors (Lipinski definition) is 0. The van der Waals surface area contributed by atoms with Crippen molar-refractivity contribution in [1.29, 1.82) is 0 Å². The first-order valence-electron chi connectivity index (χ1n) is 1.83. The maximum absolute atomic E-state index is 9.32. The standard InChI is InChI=1S/H4O7P2.H2O.2O.2V/c1-8(2,3)7-9(4,5)6;;;;;/h(H2,1,2,3)(H2,4,5,6);1H2;;;;/q;;;;2*+2/p-4. The normalized spacial score (nSPS) is 9.71. The van der Waals surface area contributed by atoms with Crippen molar-refractivity contribution < 1.29 is 80.6 Å². The Morgan fingerprint density at radius 2 is 0.929 bits per heavy atom. The van der Waals surface area contributed by atoms with E-state index in [1.165, 1.54) is 0 Å². The summed E-state index contributed by atoms with van der Waals surface area (Å²) in [7, 11) is -11.4. The third-order valence-electron chi connectivity index (χ3n) is 0.200. The zero-order chi connectivity index (χ0) is 11.7. The molecule has 2 N–H and O–H groups in total. The number of phosphoric acid groups is 2. The molecule has 0 saturated carbocycles. The molecule has 14 heavy (non-hydrogen) atoms. The molecule has 0 aliphatic heterocycles. The summed E-state index contributed by atoms with van der Waals surface area (Å²) in [6.45, 7) is 0. The van der Waals surface area contributed by atoms with Gasteiger partial charge in [0.1, 0.15) is 0 Å². The van der Waals surface area contributed by atoms with Crippen LogP contribution in [-0.4, -0.2) is 5.48 Å². The summed E-state index contributed by atoms with van der Waals surface area (Å²) in [4.78, 5) is 37.3. The minimum atomic E-state index is -5.68. The van der Waals surface area contributed by atoms with Gasteiger partial charge in [0.15, 0.2) is 0 Å². The van der Waals surface area contributed by atoms with Gasteiger partial charge >= 0.3 is 42.1 Å². The van der Waals surface area contributed by atoms with Crippen LogP contribution in [0.25, 0.3) is 0 Å². The van der Waals surface area contributed by atoms with Crippen molar-refractivity contribution in [3.8, 4) is 0 Å². The van der Waals surface area contributed by atoms with Crippen LogP contribution in [-0.2, 0) is 55.5 Å². The van der Waals surface area contributed by atoms with Crippen molar-refractivity contribution in [3.05, 3.63) is 0 Å². The van der Waals surface area contributed by atoms with E-state index in [0.29, 0.717) is 0 Å². The van der Waals surface area contributed by atoms with Crippen molar-refractivity contribution in [2.45, 2.75) is 0 Å². The van der Waals surface area contributed by atoms with Gasteiger partial charge in [0.05, 0.1) is 15.6 Å². The van der Waals surface area contributed by atoms with Crippen LogP contribution < -0.4 is 19.6 Å². The zero-order valence-corrected chi connectivity index (χ0v) is 10.5. The fraction of sp³-hybridized carbons (Fsp3) is 0. The molecule has 0 unspecified atom stereocenters. The fourth-order valence-electron chi connectivity index (χ4n) is 0.122. The van der Waals surface area contributed by atoms with Crippen LogP contribution in [0.5, 0.6) is 0 Å². The summed E-state index contributed by atoms with van der Waals surface area (Å²) in [5.74, 6) is 0. The molecule has 0 aliphatic rings. The molecule has 0 aromatic heterocycles. The Bertz CT molecular complexity index is 178. The van der Waals surface area contributed by atoms with Crippen molar-refractivity contribution >= 4 is 15.6 Å². The van der Waals surface area contributed by atoms with E-state index in [-0.39, 0.29) is 5.48 Å². The first kappa shape index (κ1) is 24.3. The van der Waals surface area contributed by atoms with Gasteiger partial charge in [-0.3, -0.25) is 0 Å². The van der Waals surface area contributed by atoms with Gasteiger partial charge in [-0.15, -0.1) is 0 Å². The quantitative estimate of drug-likeness (QED) is 0.449. The summed E-state index contributed by atoms with van der Waals surface area (Å²) in [5, 5.41) is 0. The van der Waals surface area contributed by atoms with Gasteiger partial charge in [0.2, 0.25) is 0 Å². The first-order chi connectivity index (χ1) is 5.71. The molecule has 0 aromatic carbocycles. The van der Waals surface area contributed by atoms with Gasteiger partial charge in [0, 0.05) is 0 Å². The molecule has 0 amide bonds. The molecular formula is H2O10P2V2. The predicted octanol–water partition coefficient (Wildman–Crippen LogP) is -4.41. The molecule has 0 atom stereocenters. The molecule has 82 valence electrons. The van der Waals surface area contributed by atoms with Crippen LogP contribution in [0, 0.1) is 0 Å². The summed E-state index contributed by atoms with van der Waals surface area (Å²) in [6.07, 6.45) is 0. The molecule has 0 bridgehead atoms. The predicted molar refractivity (Wildman–Crippen MR) is 21.3 cm³/mol. The second-order valence-corrected chi connectivity index (χ2v) is 3.42. The Morgan fingerprint density at radius 3 is 0.929 bits per heavy atom. The van der Waals surface area contributed by atoms with Gasteiger partial charge < -0.3 is 38.5 Å². The van der Waals surface area contributed by atoms with Crippen molar-refractivity contribution in [2.75, 3.05) is 0 Å². The number of hydrogen-bond acceptors (Lipinski definition) is 9. The molecule has 0 aromatic rings. The fourth-order valence-corrected chi connectivity index (χ4v) is 1.10. The molecule has 0 heterocycles. The Labute approximate surface area is 96.2 Å². The van der Waals surface area contributed by atoms with Crippen LogP contribution in [0.2, 0.25) is 0 Å². The molecule has 0 spiro atoms. The third-order valence-corrected chi connectivity index (χ3v) is 1.80. The Hall–Kier alpha value is 0.989. The second-order valence-electron chi connectivity index (χ2n) is 0.976. The molecule has 0 rings (SSSR count). The van der Waals surface area contributed by atoms with Crippen LogP contribution in [0.3, 0.4) is 0 Å². The van der Waals surface area contributed by atoms with E-state index in [2.05, 4.69) is 4.31 Å². The zero-order valence-electron chi connectivity index (χ0n) is 5.96. The van der Waals surface area contributed by atoms with Crippen LogP contribution in [0.4, 0.5) is 0 Å². The van der Waals surface area contributed by atoms with Crippen molar-refractivity contribution in [1.82, 2.24) is 0 Å². The van der Waals surface area contributed by atoms with E-state index in [9.17, 15) is 28.7 Å². The van der Waals surface area contributed by atoms with E-state index in [1.54, 1.807) is 0 Å². The topological polar surface area (TPSA) is 201 Å². The van der Waals surface area contributed by atoms with E-state index in [0.717, 1.165) is 34.7 Å². The average molecular weight is 326 g/mol. The van der Waals surface area contributed by atoms with Gasteiger partial charge in [-0.05, 0) is 0 Å². The molecule has 0 fully saturated rings. The van der Waals surface area contributed by atoms with Crippen LogP contribution in [0.1, 0.15) is 0 Å². The van der Waals surface area contributed by atoms with E-state index in [4.69, 9.17) is 7.35 Å². The molecule has 0 saturated heterocycles. The van der Waals surface area contributed by atoms with Crippen molar-refractivity contribution in [3.63, 3.8) is 0 Å². The molecule has 0 aliphatic carbocycles. The van der Waals surface area contributed by atoms with Gasteiger partial charge in [-0.25, -0.2) is 0 Å². The van der Waals surface area contributed by atoms with E-state index >= 15 is 0 Å².